The highest BCUT2D eigenvalue weighted by Gasteiger charge is 2.18. The Bertz CT molecular complexity index is 735. The standard InChI is InChI=1S/C14H12BrClFNO2S/c15-11-3-6-14(13(17)9-11)21(19,20)18-8-7-10-1-4-12(16)5-2-10/h1-6,9,18H,7-8H2. The SMILES string of the molecule is O=S(=O)(NCCc1ccc(Cl)cc1)c1ccc(Br)cc1F. The highest BCUT2D eigenvalue weighted by Crippen LogP contribution is 2.19. The van der Waals surface area contributed by atoms with Crippen molar-refractivity contribution in [2.24, 2.45) is 0 Å². The van der Waals surface area contributed by atoms with Crippen LogP contribution < -0.4 is 4.72 Å². The van der Waals surface area contributed by atoms with Crippen molar-refractivity contribution in [3.8, 4) is 0 Å². The fourth-order valence-electron chi connectivity index (χ4n) is 1.75. The van der Waals surface area contributed by atoms with E-state index in [4.69, 9.17) is 11.6 Å². The maximum Gasteiger partial charge on any atom is 0.243 e. The van der Waals surface area contributed by atoms with Crippen LogP contribution >= 0.6 is 27.5 Å². The van der Waals surface area contributed by atoms with Crippen molar-refractivity contribution in [1.29, 1.82) is 0 Å². The molecule has 0 atom stereocenters. The lowest BCUT2D eigenvalue weighted by atomic mass is 10.2. The molecule has 0 saturated carbocycles. The van der Waals surface area contributed by atoms with Crippen molar-refractivity contribution >= 4 is 37.6 Å². The molecule has 0 fully saturated rings. The van der Waals surface area contributed by atoms with Gasteiger partial charge in [0.1, 0.15) is 10.7 Å². The van der Waals surface area contributed by atoms with E-state index in [1.165, 1.54) is 12.1 Å². The molecule has 2 aromatic carbocycles. The molecule has 0 aliphatic carbocycles. The number of benzene rings is 2. The highest BCUT2D eigenvalue weighted by molar-refractivity contribution is 9.10. The zero-order chi connectivity index (χ0) is 15.5. The monoisotopic (exact) mass is 391 g/mol. The second kappa shape index (κ2) is 6.87. The van der Waals surface area contributed by atoms with E-state index in [2.05, 4.69) is 20.7 Å². The molecular weight excluding hydrogens is 381 g/mol. The molecule has 0 unspecified atom stereocenters. The molecule has 0 saturated heterocycles. The fourth-order valence-corrected chi connectivity index (χ4v) is 3.30. The summed E-state index contributed by atoms with van der Waals surface area (Å²) in [5.74, 6) is -0.789. The molecule has 0 heterocycles. The van der Waals surface area contributed by atoms with Gasteiger partial charge in [-0.2, -0.15) is 0 Å². The third-order valence-corrected chi connectivity index (χ3v) is 5.04. The summed E-state index contributed by atoms with van der Waals surface area (Å²) >= 11 is 8.86. The Morgan fingerprint density at radius 1 is 1.14 bits per heavy atom. The molecule has 112 valence electrons. The molecule has 0 aliphatic rings. The van der Waals surface area contributed by atoms with Crippen molar-refractivity contribution < 1.29 is 12.8 Å². The number of halogens is 3. The predicted molar refractivity (Wildman–Crippen MR) is 84.4 cm³/mol. The first kappa shape index (κ1) is 16.4. The largest absolute Gasteiger partial charge is 0.243 e. The van der Waals surface area contributed by atoms with Gasteiger partial charge in [0.05, 0.1) is 0 Å². The van der Waals surface area contributed by atoms with Gasteiger partial charge >= 0.3 is 0 Å². The molecular formula is C14H12BrClFNO2S. The first-order valence-electron chi connectivity index (χ1n) is 6.08. The number of nitrogens with one attached hydrogen (secondary N) is 1. The van der Waals surface area contributed by atoms with Crippen molar-refractivity contribution in [2.75, 3.05) is 6.54 Å². The summed E-state index contributed by atoms with van der Waals surface area (Å²) in [4.78, 5) is -0.359. The molecule has 0 radical (unpaired) electrons. The van der Waals surface area contributed by atoms with Crippen LogP contribution in [0, 0.1) is 5.82 Å². The Labute approximate surface area is 136 Å². The molecule has 0 aromatic heterocycles. The van der Waals surface area contributed by atoms with Gasteiger partial charge in [0.2, 0.25) is 10.0 Å². The average Bonchev–Trinajstić information content (AvgIpc) is 2.40. The molecule has 21 heavy (non-hydrogen) atoms. The van der Waals surface area contributed by atoms with Crippen molar-refractivity contribution in [3.63, 3.8) is 0 Å². The molecule has 0 amide bonds. The maximum atomic E-state index is 13.7. The first-order valence-corrected chi connectivity index (χ1v) is 8.73. The van der Waals surface area contributed by atoms with Crippen LogP contribution in [-0.2, 0) is 16.4 Å². The van der Waals surface area contributed by atoms with E-state index in [0.717, 1.165) is 11.6 Å². The second-order valence-corrected chi connectivity index (χ2v) is 7.44. The smallest absolute Gasteiger partial charge is 0.211 e. The fraction of sp³-hybridized carbons (Fsp3) is 0.143. The van der Waals surface area contributed by atoms with Crippen LogP contribution in [0.25, 0.3) is 0 Å². The van der Waals surface area contributed by atoms with Gasteiger partial charge < -0.3 is 0 Å². The molecule has 1 N–H and O–H groups in total. The Morgan fingerprint density at radius 2 is 1.81 bits per heavy atom. The van der Waals surface area contributed by atoms with Crippen LogP contribution in [-0.4, -0.2) is 15.0 Å². The van der Waals surface area contributed by atoms with E-state index in [0.29, 0.717) is 15.9 Å². The third-order valence-electron chi connectivity index (χ3n) is 2.80. The molecule has 0 spiro atoms. The normalized spacial score (nSPS) is 11.6. The van der Waals surface area contributed by atoms with Gasteiger partial charge in [-0.05, 0) is 42.3 Å². The highest BCUT2D eigenvalue weighted by atomic mass is 79.9. The van der Waals surface area contributed by atoms with Crippen molar-refractivity contribution in [2.45, 2.75) is 11.3 Å². The number of hydrogen-bond donors (Lipinski definition) is 1. The molecule has 2 aromatic rings. The Hall–Kier alpha value is -0.950. The number of rotatable bonds is 5. The summed E-state index contributed by atoms with van der Waals surface area (Å²) in [5.41, 5.74) is 0.943. The minimum absolute atomic E-state index is 0.180. The first-order chi connectivity index (χ1) is 9.88. The van der Waals surface area contributed by atoms with Crippen LogP contribution in [0.5, 0.6) is 0 Å². The van der Waals surface area contributed by atoms with E-state index in [1.54, 1.807) is 12.1 Å². The van der Waals surface area contributed by atoms with Gasteiger partial charge in [0.25, 0.3) is 0 Å². The minimum Gasteiger partial charge on any atom is -0.211 e. The summed E-state index contributed by atoms with van der Waals surface area (Å²) in [6.07, 6.45) is 0.495. The van der Waals surface area contributed by atoms with Crippen LogP contribution in [0.4, 0.5) is 4.39 Å². The van der Waals surface area contributed by atoms with Crippen LogP contribution in [0.2, 0.25) is 5.02 Å². The lowest BCUT2D eigenvalue weighted by Gasteiger charge is -2.08. The number of hydrogen-bond acceptors (Lipinski definition) is 2. The Balaban J connectivity index is 2.03. The van der Waals surface area contributed by atoms with E-state index < -0.39 is 15.8 Å². The van der Waals surface area contributed by atoms with E-state index in [9.17, 15) is 12.8 Å². The van der Waals surface area contributed by atoms with Crippen LogP contribution in [0.15, 0.2) is 51.8 Å². The number of sulfonamides is 1. The summed E-state index contributed by atoms with van der Waals surface area (Å²) in [7, 11) is -3.86. The lowest BCUT2D eigenvalue weighted by molar-refractivity contribution is 0.556. The van der Waals surface area contributed by atoms with Crippen LogP contribution in [0.3, 0.4) is 0 Å². The quantitative estimate of drug-likeness (QED) is 0.842. The van der Waals surface area contributed by atoms with Crippen molar-refractivity contribution in [1.82, 2.24) is 4.72 Å². The van der Waals surface area contributed by atoms with Gasteiger partial charge in [0.15, 0.2) is 0 Å². The summed E-state index contributed by atoms with van der Waals surface area (Å²) < 4.78 is 40.6. The van der Waals surface area contributed by atoms with E-state index in [-0.39, 0.29) is 11.4 Å². The lowest BCUT2D eigenvalue weighted by Crippen LogP contribution is -2.26. The van der Waals surface area contributed by atoms with Gasteiger partial charge in [-0.25, -0.2) is 17.5 Å². The minimum atomic E-state index is -3.86. The summed E-state index contributed by atoms with van der Waals surface area (Å²) in [6, 6.07) is 10.9. The molecule has 0 bridgehead atoms. The second-order valence-electron chi connectivity index (χ2n) is 4.35. The van der Waals surface area contributed by atoms with E-state index in [1.807, 2.05) is 12.1 Å². The molecule has 7 heteroatoms. The van der Waals surface area contributed by atoms with Gasteiger partial charge in [-0.1, -0.05) is 39.7 Å². The molecule has 0 aliphatic heterocycles. The predicted octanol–water partition coefficient (Wildman–Crippen LogP) is 3.76. The maximum absolute atomic E-state index is 13.7. The topological polar surface area (TPSA) is 46.2 Å². The van der Waals surface area contributed by atoms with Gasteiger partial charge in [-0.15, -0.1) is 0 Å². The molecule has 2 rings (SSSR count). The zero-order valence-electron chi connectivity index (χ0n) is 10.8. The Kier molecular flexibility index (Phi) is 5.37. The third kappa shape index (κ3) is 4.51. The average molecular weight is 393 g/mol. The Morgan fingerprint density at radius 3 is 2.43 bits per heavy atom. The van der Waals surface area contributed by atoms with Gasteiger partial charge in [-0.3, -0.25) is 0 Å². The van der Waals surface area contributed by atoms with E-state index >= 15 is 0 Å². The van der Waals surface area contributed by atoms with Crippen molar-refractivity contribution in [3.05, 3.63) is 63.3 Å². The molecule has 3 nitrogen and oxygen atoms in total. The van der Waals surface area contributed by atoms with Gasteiger partial charge in [0, 0.05) is 16.0 Å². The summed E-state index contributed by atoms with van der Waals surface area (Å²) in [6.45, 7) is 0.180. The van der Waals surface area contributed by atoms with Crippen LogP contribution in [0.1, 0.15) is 5.56 Å². The zero-order valence-corrected chi connectivity index (χ0v) is 14.0. The summed E-state index contributed by atoms with van der Waals surface area (Å²) in [5, 5.41) is 0.622.